The van der Waals surface area contributed by atoms with E-state index in [2.05, 4.69) is 10.2 Å². The number of ether oxygens (including phenoxy) is 1. The highest BCUT2D eigenvalue weighted by Gasteiger charge is 2.14. The lowest BCUT2D eigenvalue weighted by atomic mass is 10.2. The molecule has 2 aromatic heterocycles. The van der Waals surface area contributed by atoms with Crippen molar-refractivity contribution in [1.29, 1.82) is 0 Å². The zero-order valence-corrected chi connectivity index (χ0v) is 14.8. The van der Waals surface area contributed by atoms with Crippen molar-refractivity contribution in [2.45, 2.75) is 6.92 Å². The van der Waals surface area contributed by atoms with E-state index in [1.165, 1.54) is 6.07 Å². The molecule has 0 saturated heterocycles. The van der Waals surface area contributed by atoms with Crippen LogP contribution in [0.3, 0.4) is 0 Å². The summed E-state index contributed by atoms with van der Waals surface area (Å²) in [6, 6.07) is 20.5. The Morgan fingerprint density at radius 3 is 2.56 bits per heavy atom. The molecule has 4 aromatic rings. The van der Waals surface area contributed by atoms with Gasteiger partial charge >= 0.3 is 0 Å². The summed E-state index contributed by atoms with van der Waals surface area (Å²) in [5.41, 5.74) is 2.42. The Balaban J connectivity index is 1.85. The SMILES string of the molecule is CCOc1ccccc1-n1ccc(=O)c(-c2ccnn2-c2ccccc2)n1. The van der Waals surface area contributed by atoms with Crippen LogP contribution in [-0.4, -0.2) is 26.2 Å². The van der Waals surface area contributed by atoms with Gasteiger partial charge in [0.15, 0.2) is 5.69 Å². The molecule has 0 N–H and O–H groups in total. The molecule has 0 saturated carbocycles. The molecule has 6 heteroatoms. The molecule has 0 aliphatic rings. The maximum Gasteiger partial charge on any atom is 0.209 e. The Morgan fingerprint density at radius 1 is 0.963 bits per heavy atom. The van der Waals surface area contributed by atoms with Crippen LogP contribution < -0.4 is 10.2 Å². The van der Waals surface area contributed by atoms with E-state index in [1.807, 2.05) is 61.5 Å². The number of hydrogen-bond donors (Lipinski definition) is 0. The third kappa shape index (κ3) is 3.25. The fourth-order valence-corrected chi connectivity index (χ4v) is 2.90. The van der Waals surface area contributed by atoms with Gasteiger partial charge in [-0.3, -0.25) is 4.79 Å². The largest absolute Gasteiger partial charge is 0.492 e. The summed E-state index contributed by atoms with van der Waals surface area (Å²) in [5, 5.41) is 8.93. The molecule has 0 atom stereocenters. The molecule has 27 heavy (non-hydrogen) atoms. The van der Waals surface area contributed by atoms with Gasteiger partial charge in [0, 0.05) is 12.3 Å². The molecule has 0 fully saturated rings. The summed E-state index contributed by atoms with van der Waals surface area (Å²) < 4.78 is 9.06. The van der Waals surface area contributed by atoms with Gasteiger partial charge in [-0.15, -0.1) is 0 Å². The minimum atomic E-state index is -0.169. The van der Waals surface area contributed by atoms with Crippen molar-refractivity contribution >= 4 is 0 Å². The molecule has 0 spiro atoms. The Bertz CT molecular complexity index is 1120. The van der Waals surface area contributed by atoms with Crippen LogP contribution >= 0.6 is 0 Å². The van der Waals surface area contributed by atoms with Crippen LogP contribution in [0.25, 0.3) is 22.8 Å². The van der Waals surface area contributed by atoms with Gasteiger partial charge in [-0.2, -0.15) is 10.2 Å². The average Bonchev–Trinajstić information content (AvgIpc) is 3.19. The second-order valence-electron chi connectivity index (χ2n) is 5.84. The minimum absolute atomic E-state index is 0.169. The monoisotopic (exact) mass is 358 g/mol. The van der Waals surface area contributed by atoms with E-state index >= 15 is 0 Å². The summed E-state index contributed by atoms with van der Waals surface area (Å²) in [7, 11) is 0. The van der Waals surface area contributed by atoms with Crippen LogP contribution in [0, 0.1) is 0 Å². The van der Waals surface area contributed by atoms with Crippen molar-refractivity contribution < 1.29 is 4.74 Å². The first-order valence-corrected chi connectivity index (χ1v) is 8.70. The highest BCUT2D eigenvalue weighted by Crippen LogP contribution is 2.23. The first-order chi connectivity index (χ1) is 13.3. The van der Waals surface area contributed by atoms with Crippen LogP contribution in [0.15, 0.2) is 83.9 Å². The van der Waals surface area contributed by atoms with Crippen molar-refractivity contribution in [2.75, 3.05) is 6.61 Å². The van der Waals surface area contributed by atoms with Crippen molar-refractivity contribution in [3.05, 3.63) is 89.3 Å². The van der Waals surface area contributed by atoms with Crippen LogP contribution in [0.2, 0.25) is 0 Å². The van der Waals surface area contributed by atoms with E-state index in [0.29, 0.717) is 23.7 Å². The Labute approximate surface area is 156 Å². The molecule has 0 bridgehead atoms. The third-order valence-electron chi connectivity index (χ3n) is 4.11. The summed E-state index contributed by atoms with van der Waals surface area (Å²) in [6.07, 6.45) is 3.31. The number of nitrogens with zero attached hydrogens (tertiary/aromatic N) is 4. The Morgan fingerprint density at radius 2 is 1.74 bits per heavy atom. The van der Waals surface area contributed by atoms with Crippen LogP contribution in [0.4, 0.5) is 0 Å². The van der Waals surface area contributed by atoms with Gasteiger partial charge in [-0.05, 0) is 37.3 Å². The van der Waals surface area contributed by atoms with E-state index in [1.54, 1.807) is 27.8 Å². The topological polar surface area (TPSA) is 61.9 Å². The van der Waals surface area contributed by atoms with Gasteiger partial charge in [-0.25, -0.2) is 9.36 Å². The number of para-hydroxylation sites is 3. The van der Waals surface area contributed by atoms with Gasteiger partial charge in [-0.1, -0.05) is 30.3 Å². The summed E-state index contributed by atoms with van der Waals surface area (Å²) in [4.78, 5) is 12.5. The van der Waals surface area contributed by atoms with Gasteiger partial charge in [0.25, 0.3) is 0 Å². The maximum absolute atomic E-state index is 12.5. The van der Waals surface area contributed by atoms with Crippen LogP contribution in [-0.2, 0) is 0 Å². The number of aromatic nitrogens is 4. The molecule has 0 aliphatic carbocycles. The highest BCUT2D eigenvalue weighted by molar-refractivity contribution is 5.57. The molecule has 0 unspecified atom stereocenters. The maximum atomic E-state index is 12.5. The second-order valence-corrected chi connectivity index (χ2v) is 5.84. The van der Waals surface area contributed by atoms with Crippen molar-refractivity contribution in [2.24, 2.45) is 0 Å². The molecule has 0 radical (unpaired) electrons. The number of rotatable bonds is 5. The van der Waals surface area contributed by atoms with Crippen LogP contribution in [0.5, 0.6) is 5.75 Å². The quantitative estimate of drug-likeness (QED) is 0.548. The lowest BCUT2D eigenvalue weighted by Gasteiger charge is -2.13. The summed E-state index contributed by atoms with van der Waals surface area (Å²) in [6.45, 7) is 2.48. The molecule has 0 amide bonds. The number of hydrogen-bond acceptors (Lipinski definition) is 4. The molecule has 4 rings (SSSR count). The standard InChI is InChI=1S/C21H18N4O2/c1-2-27-20-11-7-6-10-17(20)24-15-13-19(26)21(23-24)18-12-14-22-25(18)16-8-4-3-5-9-16/h3-15H,2H2,1H3. The fraction of sp³-hybridized carbons (Fsp3) is 0.0952. The fourth-order valence-electron chi connectivity index (χ4n) is 2.90. The zero-order valence-electron chi connectivity index (χ0n) is 14.8. The first-order valence-electron chi connectivity index (χ1n) is 8.70. The number of benzene rings is 2. The molecule has 6 nitrogen and oxygen atoms in total. The second kappa shape index (κ2) is 7.29. The van der Waals surface area contributed by atoms with E-state index in [-0.39, 0.29) is 5.43 Å². The predicted octanol–water partition coefficient (Wildman–Crippen LogP) is 3.48. The Kier molecular flexibility index (Phi) is 4.53. The molecule has 2 heterocycles. The minimum Gasteiger partial charge on any atom is -0.492 e. The normalized spacial score (nSPS) is 10.7. The molecule has 0 aliphatic heterocycles. The first kappa shape index (κ1) is 16.8. The Hall–Kier alpha value is -3.67. The van der Waals surface area contributed by atoms with E-state index in [0.717, 1.165) is 11.4 Å². The smallest absolute Gasteiger partial charge is 0.209 e. The lowest BCUT2D eigenvalue weighted by Crippen LogP contribution is -2.15. The summed E-state index contributed by atoms with van der Waals surface area (Å²) in [5.74, 6) is 0.707. The van der Waals surface area contributed by atoms with E-state index in [9.17, 15) is 4.79 Å². The predicted molar refractivity (Wildman–Crippen MR) is 104 cm³/mol. The molecule has 2 aromatic carbocycles. The van der Waals surface area contributed by atoms with Crippen molar-refractivity contribution in [3.8, 4) is 28.5 Å². The summed E-state index contributed by atoms with van der Waals surface area (Å²) >= 11 is 0. The zero-order chi connectivity index (χ0) is 18.6. The van der Waals surface area contributed by atoms with E-state index < -0.39 is 0 Å². The molecular weight excluding hydrogens is 340 g/mol. The van der Waals surface area contributed by atoms with E-state index in [4.69, 9.17) is 4.74 Å². The molecular formula is C21H18N4O2. The van der Waals surface area contributed by atoms with Crippen LogP contribution in [0.1, 0.15) is 6.92 Å². The van der Waals surface area contributed by atoms with Gasteiger partial charge in [0.2, 0.25) is 5.43 Å². The van der Waals surface area contributed by atoms with Crippen molar-refractivity contribution in [3.63, 3.8) is 0 Å². The van der Waals surface area contributed by atoms with Gasteiger partial charge in [0.05, 0.1) is 24.2 Å². The third-order valence-corrected chi connectivity index (χ3v) is 4.11. The van der Waals surface area contributed by atoms with Gasteiger partial charge < -0.3 is 4.74 Å². The lowest BCUT2D eigenvalue weighted by molar-refractivity contribution is 0.338. The van der Waals surface area contributed by atoms with Gasteiger partial charge in [0.1, 0.15) is 11.4 Å². The van der Waals surface area contributed by atoms with Crippen molar-refractivity contribution in [1.82, 2.24) is 19.6 Å². The highest BCUT2D eigenvalue weighted by atomic mass is 16.5. The average molecular weight is 358 g/mol. The molecule has 134 valence electrons.